The van der Waals surface area contributed by atoms with Gasteiger partial charge in [0.2, 0.25) is 0 Å². The third-order valence-electron chi connectivity index (χ3n) is 2.69. The largest absolute Gasteiger partial charge is 0.469 e. The molecule has 2 rings (SSSR count). The van der Waals surface area contributed by atoms with Gasteiger partial charge in [0.25, 0.3) is 0 Å². The maximum absolute atomic E-state index is 11.1. The summed E-state index contributed by atoms with van der Waals surface area (Å²) in [5.74, 6) is -0.280. The Morgan fingerprint density at radius 1 is 1.37 bits per heavy atom. The third-order valence-corrected chi connectivity index (χ3v) is 2.69. The fourth-order valence-electron chi connectivity index (χ4n) is 1.69. The zero-order chi connectivity index (χ0) is 13.7. The first kappa shape index (κ1) is 12.8. The van der Waals surface area contributed by atoms with Crippen LogP contribution in [0.5, 0.6) is 0 Å². The Morgan fingerprint density at radius 2 is 2.11 bits per heavy atom. The summed E-state index contributed by atoms with van der Waals surface area (Å²) in [4.78, 5) is 11.1. The molecule has 0 amide bonds. The van der Waals surface area contributed by atoms with Crippen LogP contribution in [0.1, 0.15) is 16.7 Å². The number of hydrogen-bond acceptors (Lipinski definition) is 4. The summed E-state index contributed by atoms with van der Waals surface area (Å²) in [6, 6.07) is 9.40. The van der Waals surface area contributed by atoms with E-state index in [0.29, 0.717) is 12.1 Å². The number of methoxy groups -OCH3 is 1. The topological polar surface area (TPSA) is 67.9 Å². The first-order chi connectivity index (χ1) is 9.21. The van der Waals surface area contributed by atoms with Crippen LogP contribution in [0.3, 0.4) is 0 Å². The minimum absolute atomic E-state index is 0.226. The zero-order valence-electron chi connectivity index (χ0n) is 10.5. The summed E-state index contributed by atoms with van der Waals surface area (Å²) in [5.41, 5.74) is 2.50. The van der Waals surface area contributed by atoms with Gasteiger partial charge in [-0.25, -0.2) is 0 Å². The standard InChI is InChI=1S/C14H13N3O2/c1-19-14(18)6-13-8-16-17(10-13)9-12-4-2-11(7-15)3-5-12/h2-5,8,10H,6,9H2,1H3. The van der Waals surface area contributed by atoms with Crippen molar-refractivity contribution in [2.24, 2.45) is 0 Å². The van der Waals surface area contributed by atoms with E-state index in [1.165, 1.54) is 7.11 Å². The highest BCUT2D eigenvalue weighted by atomic mass is 16.5. The molecular weight excluding hydrogens is 242 g/mol. The second-order valence-electron chi connectivity index (χ2n) is 4.11. The molecule has 0 N–H and O–H groups in total. The van der Waals surface area contributed by atoms with E-state index in [4.69, 9.17) is 5.26 Å². The van der Waals surface area contributed by atoms with E-state index < -0.39 is 0 Å². The smallest absolute Gasteiger partial charge is 0.310 e. The minimum atomic E-state index is -0.280. The highest BCUT2D eigenvalue weighted by Gasteiger charge is 2.05. The van der Waals surface area contributed by atoms with Crippen molar-refractivity contribution in [3.05, 3.63) is 53.3 Å². The van der Waals surface area contributed by atoms with Crippen molar-refractivity contribution in [1.82, 2.24) is 9.78 Å². The van der Waals surface area contributed by atoms with E-state index in [-0.39, 0.29) is 12.4 Å². The molecule has 96 valence electrons. The van der Waals surface area contributed by atoms with Crippen molar-refractivity contribution in [2.45, 2.75) is 13.0 Å². The van der Waals surface area contributed by atoms with Gasteiger partial charge in [-0.05, 0) is 17.7 Å². The van der Waals surface area contributed by atoms with Gasteiger partial charge in [0.1, 0.15) is 0 Å². The van der Waals surface area contributed by atoms with Gasteiger partial charge in [0.15, 0.2) is 0 Å². The zero-order valence-corrected chi connectivity index (χ0v) is 10.5. The number of benzene rings is 1. The number of ether oxygens (including phenoxy) is 1. The SMILES string of the molecule is COC(=O)Cc1cnn(Cc2ccc(C#N)cc2)c1. The quantitative estimate of drug-likeness (QED) is 0.777. The summed E-state index contributed by atoms with van der Waals surface area (Å²) in [6.45, 7) is 0.604. The van der Waals surface area contributed by atoms with Crippen LogP contribution in [0.15, 0.2) is 36.7 Å². The lowest BCUT2D eigenvalue weighted by atomic mass is 10.1. The Hall–Kier alpha value is -2.61. The molecule has 1 heterocycles. The molecule has 0 aliphatic heterocycles. The average molecular weight is 255 g/mol. The number of carbonyl (C=O) groups excluding carboxylic acids is 1. The first-order valence-electron chi connectivity index (χ1n) is 5.78. The summed E-state index contributed by atoms with van der Waals surface area (Å²) < 4.78 is 6.35. The predicted octanol–water partition coefficient (Wildman–Crippen LogP) is 1.52. The Kier molecular flexibility index (Phi) is 3.94. The first-order valence-corrected chi connectivity index (χ1v) is 5.78. The maximum Gasteiger partial charge on any atom is 0.310 e. The molecule has 0 bridgehead atoms. The molecule has 0 aliphatic rings. The van der Waals surface area contributed by atoms with Gasteiger partial charge in [-0.3, -0.25) is 9.48 Å². The van der Waals surface area contributed by atoms with Gasteiger partial charge in [-0.1, -0.05) is 12.1 Å². The van der Waals surface area contributed by atoms with E-state index >= 15 is 0 Å². The number of esters is 1. The number of nitriles is 1. The van der Waals surface area contributed by atoms with Gasteiger partial charge >= 0.3 is 5.97 Å². The molecule has 5 nitrogen and oxygen atoms in total. The van der Waals surface area contributed by atoms with Crippen molar-refractivity contribution in [3.8, 4) is 6.07 Å². The minimum Gasteiger partial charge on any atom is -0.469 e. The monoisotopic (exact) mass is 255 g/mol. The molecule has 5 heteroatoms. The molecule has 0 saturated heterocycles. The number of rotatable bonds is 4. The van der Waals surface area contributed by atoms with Gasteiger partial charge in [0.05, 0.1) is 37.9 Å². The van der Waals surface area contributed by atoms with Crippen LogP contribution in [0.2, 0.25) is 0 Å². The van der Waals surface area contributed by atoms with Crippen LogP contribution < -0.4 is 0 Å². The molecule has 0 atom stereocenters. The number of carbonyl (C=O) groups is 1. The average Bonchev–Trinajstić information content (AvgIpc) is 2.86. The number of aromatic nitrogens is 2. The summed E-state index contributed by atoms with van der Waals surface area (Å²) in [7, 11) is 1.36. The Labute approximate surface area is 111 Å². The van der Waals surface area contributed by atoms with E-state index in [1.807, 2.05) is 18.3 Å². The third kappa shape index (κ3) is 3.42. The Balaban J connectivity index is 2.03. The molecule has 0 spiro atoms. The Morgan fingerprint density at radius 3 is 2.74 bits per heavy atom. The molecule has 1 aromatic heterocycles. The molecule has 0 unspecified atom stereocenters. The van der Waals surface area contributed by atoms with Gasteiger partial charge in [0, 0.05) is 11.8 Å². The van der Waals surface area contributed by atoms with Crippen LogP contribution in [0.25, 0.3) is 0 Å². The van der Waals surface area contributed by atoms with E-state index in [1.54, 1.807) is 23.0 Å². The molecule has 2 aromatic rings. The maximum atomic E-state index is 11.1. The van der Waals surface area contributed by atoms with Crippen molar-refractivity contribution < 1.29 is 9.53 Å². The summed E-state index contributed by atoms with van der Waals surface area (Å²) in [5, 5.41) is 12.9. The molecule has 1 aromatic carbocycles. The normalized spacial score (nSPS) is 9.89. The van der Waals surface area contributed by atoms with Crippen molar-refractivity contribution in [3.63, 3.8) is 0 Å². The molecule has 0 aliphatic carbocycles. The van der Waals surface area contributed by atoms with E-state index in [2.05, 4.69) is 15.9 Å². The molecule has 0 fully saturated rings. The lowest BCUT2D eigenvalue weighted by Gasteiger charge is -2.01. The van der Waals surface area contributed by atoms with Crippen molar-refractivity contribution >= 4 is 5.97 Å². The van der Waals surface area contributed by atoms with Gasteiger partial charge < -0.3 is 4.74 Å². The fourth-order valence-corrected chi connectivity index (χ4v) is 1.69. The van der Waals surface area contributed by atoms with Crippen LogP contribution in [-0.2, 0) is 22.5 Å². The molecule has 0 radical (unpaired) electrons. The number of nitrogens with zero attached hydrogens (tertiary/aromatic N) is 3. The predicted molar refractivity (Wildman–Crippen MR) is 68.2 cm³/mol. The van der Waals surface area contributed by atoms with Gasteiger partial charge in [-0.2, -0.15) is 10.4 Å². The molecule has 19 heavy (non-hydrogen) atoms. The lowest BCUT2D eigenvalue weighted by molar-refractivity contribution is -0.139. The second kappa shape index (κ2) is 5.83. The highest BCUT2D eigenvalue weighted by Crippen LogP contribution is 2.07. The Bertz CT molecular complexity index is 608. The van der Waals surface area contributed by atoms with Crippen molar-refractivity contribution in [1.29, 1.82) is 5.26 Å². The van der Waals surface area contributed by atoms with E-state index in [9.17, 15) is 4.79 Å². The molecular formula is C14H13N3O2. The summed E-state index contributed by atoms with van der Waals surface area (Å²) >= 11 is 0. The lowest BCUT2D eigenvalue weighted by Crippen LogP contribution is -2.04. The fraction of sp³-hybridized carbons (Fsp3) is 0.214. The summed E-state index contributed by atoms with van der Waals surface area (Å²) in [6.07, 6.45) is 3.69. The van der Waals surface area contributed by atoms with Crippen molar-refractivity contribution in [2.75, 3.05) is 7.11 Å². The van der Waals surface area contributed by atoms with Gasteiger partial charge in [-0.15, -0.1) is 0 Å². The number of hydrogen-bond donors (Lipinski definition) is 0. The van der Waals surface area contributed by atoms with Crippen LogP contribution in [0, 0.1) is 11.3 Å². The second-order valence-corrected chi connectivity index (χ2v) is 4.11. The molecule has 0 saturated carbocycles. The highest BCUT2D eigenvalue weighted by molar-refractivity contribution is 5.72. The van der Waals surface area contributed by atoms with Crippen LogP contribution in [-0.4, -0.2) is 22.9 Å². The van der Waals surface area contributed by atoms with Crippen LogP contribution >= 0.6 is 0 Å². The van der Waals surface area contributed by atoms with Crippen LogP contribution in [0.4, 0.5) is 0 Å². The van der Waals surface area contributed by atoms with E-state index in [0.717, 1.165) is 11.1 Å².